The molecule has 0 spiro atoms. The second kappa shape index (κ2) is 12.5. The molecule has 0 unspecified atom stereocenters. The number of aromatic nitrogens is 4. The normalized spacial score (nSPS) is 13.1. The van der Waals surface area contributed by atoms with E-state index in [2.05, 4.69) is 215 Å². The van der Waals surface area contributed by atoms with Crippen LogP contribution in [-0.4, -0.2) is 32.4 Å². The Morgan fingerprint density at radius 1 is 0.368 bits per heavy atom. The quantitative estimate of drug-likeness (QED) is 0.163. The number of fused-ring (bicyclic) bond motifs is 9. The molecule has 1 aliphatic rings. The summed E-state index contributed by atoms with van der Waals surface area (Å²) in [6, 6.07) is 75.1. The Balaban J connectivity index is 1.23. The van der Waals surface area contributed by atoms with E-state index in [0.717, 1.165) is 33.7 Å². The van der Waals surface area contributed by atoms with Crippen LogP contribution in [0.2, 0.25) is 0 Å². The third kappa shape index (κ3) is 4.56. The van der Waals surface area contributed by atoms with Crippen molar-refractivity contribution in [2.45, 2.75) is 0 Å². The standard InChI is InChI=1S/C52H34GeN4/c1-5-19-35(20-6-1)50-49-51(41-29-13-16-30-44(41)53(49,36-21-7-2-8-22-36)37-23-9-3-10-24-37)55-52(54-50)57-46-32-18-15-28-40(46)43-33-47-42(34-48(43)57)39-27-14-17-31-45(39)56(47)38-25-11-4-12-26-38/h1-34H. The molecule has 12 rings (SSSR count). The molecule has 1 aliphatic heterocycles. The summed E-state index contributed by atoms with van der Waals surface area (Å²) in [5, 5.41) is 4.76. The van der Waals surface area contributed by atoms with E-state index in [0.29, 0.717) is 5.95 Å². The SMILES string of the molecule is c1ccc(-c2nc(-n3c4ccccc4c4cc5c(cc43)c3ccccc3n5-c3ccccc3)nc3[c]2[Ge]([c]2ccccc2)([c]2ccccc2)[c]2ccccc2-3)cc1. The van der Waals surface area contributed by atoms with Gasteiger partial charge in [0.15, 0.2) is 0 Å². The third-order valence-corrected chi connectivity index (χ3v) is 22.2. The molecule has 4 heterocycles. The number of benzene rings is 8. The summed E-state index contributed by atoms with van der Waals surface area (Å²) >= 11 is -3.69. The van der Waals surface area contributed by atoms with Gasteiger partial charge in [0.25, 0.3) is 0 Å². The summed E-state index contributed by atoms with van der Waals surface area (Å²) in [7, 11) is 0. The summed E-state index contributed by atoms with van der Waals surface area (Å²) in [6.07, 6.45) is 0. The van der Waals surface area contributed by atoms with Gasteiger partial charge in [0.2, 0.25) is 0 Å². The predicted molar refractivity (Wildman–Crippen MR) is 239 cm³/mol. The first kappa shape index (κ1) is 32.2. The predicted octanol–water partition coefficient (Wildman–Crippen LogP) is 9.70. The first-order valence-electron chi connectivity index (χ1n) is 19.5. The van der Waals surface area contributed by atoms with Crippen molar-refractivity contribution in [3.63, 3.8) is 0 Å². The van der Waals surface area contributed by atoms with Crippen molar-refractivity contribution in [3.05, 3.63) is 206 Å². The fourth-order valence-electron chi connectivity index (χ4n) is 9.70. The van der Waals surface area contributed by atoms with Crippen LogP contribution < -0.4 is 17.6 Å². The van der Waals surface area contributed by atoms with Crippen LogP contribution in [0, 0.1) is 0 Å². The van der Waals surface area contributed by atoms with Crippen molar-refractivity contribution >= 4 is 74.5 Å². The Morgan fingerprint density at radius 2 is 0.842 bits per heavy atom. The maximum atomic E-state index is 5.78. The Kier molecular flexibility index (Phi) is 7.07. The van der Waals surface area contributed by atoms with Crippen molar-refractivity contribution in [3.8, 4) is 34.2 Å². The summed E-state index contributed by atoms with van der Waals surface area (Å²) in [4.78, 5) is 11.5. The van der Waals surface area contributed by atoms with Gasteiger partial charge in [-0.3, -0.25) is 0 Å². The van der Waals surface area contributed by atoms with Gasteiger partial charge >= 0.3 is 316 Å². The molecule has 5 heteroatoms. The van der Waals surface area contributed by atoms with E-state index in [-0.39, 0.29) is 0 Å². The molecule has 0 fully saturated rings. The number of nitrogens with zero attached hydrogens (tertiary/aromatic N) is 4. The zero-order valence-electron chi connectivity index (χ0n) is 30.9. The third-order valence-electron chi connectivity index (χ3n) is 12.0. The number of rotatable bonds is 5. The minimum atomic E-state index is -3.69. The molecule has 57 heavy (non-hydrogen) atoms. The Labute approximate surface area is 332 Å². The van der Waals surface area contributed by atoms with Gasteiger partial charge in [0.1, 0.15) is 0 Å². The van der Waals surface area contributed by atoms with Gasteiger partial charge in [-0.05, 0) is 0 Å². The van der Waals surface area contributed by atoms with Crippen molar-refractivity contribution < 1.29 is 0 Å². The molecule has 0 saturated heterocycles. The molecule has 4 nitrogen and oxygen atoms in total. The van der Waals surface area contributed by atoms with Crippen molar-refractivity contribution in [2.24, 2.45) is 0 Å². The van der Waals surface area contributed by atoms with Crippen molar-refractivity contribution in [1.29, 1.82) is 0 Å². The molecule has 0 bridgehead atoms. The monoisotopic (exact) mass is 788 g/mol. The minimum absolute atomic E-state index is 0.680. The molecule has 0 atom stereocenters. The van der Waals surface area contributed by atoms with Crippen molar-refractivity contribution in [1.82, 2.24) is 19.1 Å². The fraction of sp³-hybridized carbons (Fsp3) is 0. The van der Waals surface area contributed by atoms with Crippen LogP contribution in [0.15, 0.2) is 206 Å². The van der Waals surface area contributed by atoms with Gasteiger partial charge in [0.05, 0.1) is 0 Å². The summed E-state index contributed by atoms with van der Waals surface area (Å²) in [6.45, 7) is 0. The summed E-state index contributed by atoms with van der Waals surface area (Å²) in [5.41, 5.74) is 10.0. The van der Waals surface area contributed by atoms with E-state index < -0.39 is 13.3 Å². The number of hydrogen-bond acceptors (Lipinski definition) is 2. The molecule has 266 valence electrons. The fourth-order valence-corrected chi connectivity index (χ4v) is 20.7. The van der Waals surface area contributed by atoms with Crippen molar-refractivity contribution in [2.75, 3.05) is 0 Å². The van der Waals surface area contributed by atoms with Crippen LogP contribution in [0.4, 0.5) is 0 Å². The Hall–Kier alpha value is -7.02. The topological polar surface area (TPSA) is 35.6 Å². The first-order valence-corrected chi connectivity index (χ1v) is 23.7. The van der Waals surface area contributed by atoms with E-state index in [4.69, 9.17) is 9.97 Å². The Bertz CT molecular complexity index is 3290. The summed E-state index contributed by atoms with van der Waals surface area (Å²) in [5.74, 6) is 0.680. The maximum absolute atomic E-state index is 5.78. The van der Waals surface area contributed by atoms with E-state index in [1.54, 1.807) is 0 Å². The van der Waals surface area contributed by atoms with E-state index in [1.165, 1.54) is 55.7 Å². The number of hydrogen-bond donors (Lipinski definition) is 0. The van der Waals surface area contributed by atoms with Crippen LogP contribution >= 0.6 is 0 Å². The first-order chi connectivity index (χ1) is 28.3. The van der Waals surface area contributed by atoms with Crippen LogP contribution in [0.1, 0.15) is 0 Å². The average molecular weight is 787 g/mol. The molecule has 0 saturated carbocycles. The van der Waals surface area contributed by atoms with Gasteiger partial charge in [0, 0.05) is 0 Å². The molecule has 0 aliphatic carbocycles. The molecule has 0 N–H and O–H groups in total. The molecular formula is C52H34GeN4. The van der Waals surface area contributed by atoms with Crippen LogP contribution in [0.3, 0.4) is 0 Å². The van der Waals surface area contributed by atoms with Crippen LogP contribution in [-0.2, 0) is 0 Å². The second-order valence-electron chi connectivity index (χ2n) is 14.9. The van der Waals surface area contributed by atoms with Gasteiger partial charge in [-0.25, -0.2) is 0 Å². The molecule has 0 amide bonds. The van der Waals surface area contributed by atoms with Gasteiger partial charge in [-0.15, -0.1) is 0 Å². The summed E-state index contributed by atoms with van der Waals surface area (Å²) < 4.78 is 10.1. The van der Waals surface area contributed by atoms with E-state index in [1.807, 2.05) is 0 Å². The van der Waals surface area contributed by atoms with Gasteiger partial charge in [-0.1, -0.05) is 18.2 Å². The van der Waals surface area contributed by atoms with Crippen LogP contribution in [0.25, 0.3) is 77.8 Å². The Morgan fingerprint density at radius 3 is 1.47 bits per heavy atom. The zero-order valence-corrected chi connectivity index (χ0v) is 33.0. The van der Waals surface area contributed by atoms with Crippen LogP contribution in [0.5, 0.6) is 0 Å². The van der Waals surface area contributed by atoms with E-state index in [9.17, 15) is 0 Å². The zero-order chi connectivity index (χ0) is 37.5. The molecule has 0 radical (unpaired) electrons. The molecule has 11 aromatic rings. The number of para-hydroxylation sites is 3. The average Bonchev–Trinajstić information content (AvgIpc) is 3.90. The molecule has 8 aromatic carbocycles. The van der Waals surface area contributed by atoms with Gasteiger partial charge < -0.3 is 0 Å². The second-order valence-corrected chi connectivity index (χ2v) is 22.7. The van der Waals surface area contributed by atoms with Gasteiger partial charge in [-0.2, -0.15) is 0 Å². The molecular weight excluding hydrogens is 753 g/mol. The van der Waals surface area contributed by atoms with E-state index >= 15 is 0 Å². The molecule has 3 aromatic heterocycles.